The first-order valence-electron chi connectivity index (χ1n) is 9.53. The Morgan fingerprint density at radius 2 is 1.97 bits per heavy atom. The number of fused-ring (bicyclic) bond motifs is 1. The van der Waals surface area contributed by atoms with E-state index >= 15 is 0 Å². The molecular weight excluding hydrogens is 436 g/mol. The maximum Gasteiger partial charge on any atom is 0.266 e. The molecule has 0 saturated carbocycles. The average Bonchev–Trinajstić information content (AvgIpc) is 3.15. The number of hydrogen-bond donors (Lipinski definition) is 1. The molecule has 2 aromatic carbocycles. The topological polar surface area (TPSA) is 90.0 Å². The number of carbonyl (C=O) groups excluding carboxylic acids is 1. The van der Waals surface area contributed by atoms with E-state index in [0.717, 1.165) is 5.56 Å². The second-order valence-corrected chi connectivity index (χ2v) is 8.73. The van der Waals surface area contributed by atoms with Crippen molar-refractivity contribution in [1.82, 2.24) is 14.7 Å². The van der Waals surface area contributed by atoms with E-state index in [4.69, 9.17) is 16.1 Å². The van der Waals surface area contributed by atoms with E-state index in [1.165, 1.54) is 16.3 Å². The van der Waals surface area contributed by atoms with Gasteiger partial charge in [-0.1, -0.05) is 46.7 Å². The molecule has 1 N–H and O–H groups in total. The summed E-state index contributed by atoms with van der Waals surface area (Å²) in [5, 5.41) is 7.31. The smallest absolute Gasteiger partial charge is 0.266 e. The van der Waals surface area contributed by atoms with Crippen LogP contribution in [0.15, 0.2) is 63.0 Å². The van der Waals surface area contributed by atoms with Crippen LogP contribution in [0, 0.1) is 13.8 Å². The molecule has 0 fully saturated rings. The minimum atomic E-state index is -0.566. The number of hydrogen-bond acceptors (Lipinski definition) is 6. The largest absolute Gasteiger partial charge is 0.338 e. The molecule has 0 aliphatic heterocycles. The van der Waals surface area contributed by atoms with Crippen LogP contribution in [-0.2, 0) is 4.79 Å². The molecule has 9 heteroatoms. The fraction of sp³-hybridized carbons (Fsp3) is 0.182. The van der Waals surface area contributed by atoms with Crippen LogP contribution in [0.2, 0.25) is 5.02 Å². The van der Waals surface area contributed by atoms with E-state index in [1.54, 1.807) is 50.2 Å². The molecule has 0 aliphatic rings. The number of aryl methyl sites for hydroxylation is 1. The third-order valence-electron chi connectivity index (χ3n) is 4.75. The van der Waals surface area contributed by atoms with Gasteiger partial charge in [-0.15, -0.1) is 0 Å². The minimum Gasteiger partial charge on any atom is -0.338 e. The molecule has 31 heavy (non-hydrogen) atoms. The number of anilines is 1. The van der Waals surface area contributed by atoms with E-state index in [0.29, 0.717) is 32.5 Å². The molecule has 0 radical (unpaired) electrons. The summed E-state index contributed by atoms with van der Waals surface area (Å²) in [7, 11) is 0. The number of carbonyl (C=O) groups is 1. The Hall–Kier alpha value is -3.10. The number of aromatic nitrogens is 3. The van der Waals surface area contributed by atoms with E-state index in [-0.39, 0.29) is 17.4 Å². The zero-order valence-corrected chi connectivity index (χ0v) is 18.6. The van der Waals surface area contributed by atoms with Crippen molar-refractivity contribution in [3.63, 3.8) is 0 Å². The van der Waals surface area contributed by atoms with Gasteiger partial charge in [-0.3, -0.25) is 19.5 Å². The summed E-state index contributed by atoms with van der Waals surface area (Å²) in [4.78, 5) is 30.8. The summed E-state index contributed by atoms with van der Waals surface area (Å²) in [6, 6.07) is 14.1. The van der Waals surface area contributed by atoms with Crippen molar-refractivity contribution in [3.05, 3.63) is 75.2 Å². The van der Waals surface area contributed by atoms with Crippen LogP contribution in [0.1, 0.15) is 18.2 Å². The second-order valence-electron chi connectivity index (χ2n) is 7.02. The molecule has 4 aromatic rings. The molecule has 4 rings (SSSR count). The van der Waals surface area contributed by atoms with Crippen molar-refractivity contribution in [2.45, 2.75) is 31.2 Å². The fourth-order valence-electron chi connectivity index (χ4n) is 3.10. The SMILES string of the molecule is Cc1cc(NC(=O)C(C)Sc2nc3ccccc3c(=O)n2-c2cccc(Cl)c2C)on1. The summed E-state index contributed by atoms with van der Waals surface area (Å²) in [6.45, 7) is 5.35. The zero-order chi connectivity index (χ0) is 22.1. The minimum absolute atomic E-state index is 0.225. The Bertz CT molecular complexity index is 1350. The standard InChI is InChI=1S/C22H19ClN4O3S/c1-12-11-19(30-26-12)25-20(28)14(3)31-22-24-17-9-5-4-7-15(17)21(29)27(22)18-10-6-8-16(23)13(18)2/h4-11,14H,1-3H3,(H,25,28). The van der Waals surface area contributed by atoms with Gasteiger partial charge >= 0.3 is 0 Å². The van der Waals surface area contributed by atoms with Crippen LogP contribution >= 0.6 is 23.4 Å². The number of benzene rings is 2. The lowest BCUT2D eigenvalue weighted by molar-refractivity contribution is -0.115. The normalized spacial score (nSPS) is 12.1. The van der Waals surface area contributed by atoms with Crippen molar-refractivity contribution in [2.24, 2.45) is 0 Å². The van der Waals surface area contributed by atoms with E-state index in [9.17, 15) is 9.59 Å². The maximum atomic E-state index is 13.4. The molecule has 2 aromatic heterocycles. The van der Waals surface area contributed by atoms with Gasteiger partial charge in [0.25, 0.3) is 5.56 Å². The van der Waals surface area contributed by atoms with Crippen molar-refractivity contribution in [2.75, 3.05) is 5.32 Å². The number of nitrogens with zero attached hydrogens (tertiary/aromatic N) is 3. The molecule has 1 amide bonds. The van der Waals surface area contributed by atoms with Crippen LogP contribution < -0.4 is 10.9 Å². The number of thioether (sulfide) groups is 1. The summed E-state index contributed by atoms with van der Waals surface area (Å²) in [6.07, 6.45) is 0. The van der Waals surface area contributed by atoms with Gasteiger partial charge < -0.3 is 4.52 Å². The Morgan fingerprint density at radius 3 is 2.71 bits per heavy atom. The molecule has 2 heterocycles. The molecule has 1 atom stereocenters. The maximum absolute atomic E-state index is 13.4. The molecular formula is C22H19ClN4O3S. The van der Waals surface area contributed by atoms with Crippen LogP contribution in [-0.4, -0.2) is 25.9 Å². The molecule has 0 saturated heterocycles. The lowest BCUT2D eigenvalue weighted by atomic mass is 10.2. The van der Waals surface area contributed by atoms with Gasteiger partial charge in [0.05, 0.1) is 27.5 Å². The average molecular weight is 455 g/mol. The Balaban J connectivity index is 1.78. The highest BCUT2D eigenvalue weighted by molar-refractivity contribution is 8.00. The first-order chi connectivity index (χ1) is 14.8. The third-order valence-corrected chi connectivity index (χ3v) is 6.21. The first kappa shape index (κ1) is 21.1. The van der Waals surface area contributed by atoms with Crippen LogP contribution in [0.5, 0.6) is 0 Å². The van der Waals surface area contributed by atoms with Gasteiger partial charge in [0.1, 0.15) is 0 Å². The Morgan fingerprint density at radius 1 is 1.19 bits per heavy atom. The first-order valence-corrected chi connectivity index (χ1v) is 10.8. The Kier molecular flexibility index (Phi) is 5.84. The van der Waals surface area contributed by atoms with Gasteiger partial charge in [-0.05, 0) is 50.6 Å². The predicted octanol–water partition coefficient (Wildman–Crippen LogP) is 4.76. The third kappa shape index (κ3) is 4.22. The van der Waals surface area contributed by atoms with Crippen molar-refractivity contribution in [1.29, 1.82) is 0 Å². The van der Waals surface area contributed by atoms with Crippen molar-refractivity contribution < 1.29 is 9.32 Å². The molecule has 1 unspecified atom stereocenters. The molecule has 0 aliphatic carbocycles. The van der Waals surface area contributed by atoms with Crippen LogP contribution in [0.4, 0.5) is 5.88 Å². The zero-order valence-electron chi connectivity index (χ0n) is 17.0. The summed E-state index contributed by atoms with van der Waals surface area (Å²) in [5.74, 6) is -0.0255. The second kappa shape index (κ2) is 8.56. The van der Waals surface area contributed by atoms with Crippen LogP contribution in [0.25, 0.3) is 16.6 Å². The van der Waals surface area contributed by atoms with Gasteiger partial charge in [-0.25, -0.2) is 4.98 Å². The number of rotatable bonds is 5. The number of nitrogens with one attached hydrogen (secondary N) is 1. The van der Waals surface area contributed by atoms with E-state index in [1.807, 2.05) is 19.1 Å². The molecule has 0 bridgehead atoms. The Labute approximate surface area is 187 Å². The summed E-state index contributed by atoms with van der Waals surface area (Å²) < 4.78 is 6.57. The number of halogens is 1. The fourth-order valence-corrected chi connectivity index (χ4v) is 4.19. The van der Waals surface area contributed by atoms with Gasteiger partial charge in [0.15, 0.2) is 5.16 Å². The van der Waals surface area contributed by atoms with Crippen molar-refractivity contribution in [3.8, 4) is 5.69 Å². The highest BCUT2D eigenvalue weighted by Crippen LogP contribution is 2.29. The lowest BCUT2D eigenvalue weighted by Crippen LogP contribution is -2.26. The van der Waals surface area contributed by atoms with E-state index in [2.05, 4.69) is 15.5 Å². The quantitative estimate of drug-likeness (QED) is 0.345. The molecule has 0 spiro atoms. The summed E-state index contributed by atoms with van der Waals surface area (Å²) >= 11 is 7.49. The van der Waals surface area contributed by atoms with Crippen LogP contribution in [0.3, 0.4) is 0 Å². The lowest BCUT2D eigenvalue weighted by Gasteiger charge is -2.17. The van der Waals surface area contributed by atoms with Gasteiger partial charge in [-0.2, -0.15) is 0 Å². The highest BCUT2D eigenvalue weighted by Gasteiger charge is 2.22. The van der Waals surface area contributed by atoms with Crippen molar-refractivity contribution >= 4 is 46.1 Å². The van der Waals surface area contributed by atoms with Gasteiger partial charge in [0.2, 0.25) is 11.8 Å². The highest BCUT2D eigenvalue weighted by atomic mass is 35.5. The monoisotopic (exact) mass is 454 g/mol. The molecule has 7 nitrogen and oxygen atoms in total. The number of amides is 1. The summed E-state index contributed by atoms with van der Waals surface area (Å²) in [5.41, 5.74) is 2.37. The van der Waals surface area contributed by atoms with E-state index < -0.39 is 5.25 Å². The van der Waals surface area contributed by atoms with Gasteiger partial charge in [0, 0.05) is 11.1 Å². The predicted molar refractivity (Wildman–Crippen MR) is 122 cm³/mol. The molecule has 158 valence electrons. The number of para-hydroxylation sites is 1.